The highest BCUT2D eigenvalue weighted by atomic mass is 19.1. The predicted molar refractivity (Wildman–Crippen MR) is 76.5 cm³/mol. The number of nitro groups is 1. The van der Waals surface area contributed by atoms with Gasteiger partial charge in [0.15, 0.2) is 0 Å². The third-order valence-electron chi connectivity index (χ3n) is 3.44. The topological polar surface area (TPSA) is 67.5 Å². The Labute approximate surface area is 120 Å². The molecular formula is C15H12FN3O2. The summed E-state index contributed by atoms with van der Waals surface area (Å²) in [7, 11) is 0. The first-order valence-corrected chi connectivity index (χ1v) is 6.46. The van der Waals surface area contributed by atoms with Crippen LogP contribution in [0.1, 0.15) is 23.6 Å². The lowest BCUT2D eigenvalue weighted by atomic mass is 9.99. The molecule has 2 aromatic rings. The maximum atomic E-state index is 12.9. The SMILES string of the molecule is O=[N+]([O-])c1ccc(C2=NN[C@@H](c3ccc(F)cc3)C2)cc1. The number of nitrogens with zero attached hydrogens (tertiary/aromatic N) is 2. The molecule has 0 fully saturated rings. The first kappa shape index (κ1) is 13.2. The van der Waals surface area contributed by atoms with Crippen LogP contribution in [0, 0.1) is 15.9 Å². The number of hydrogen-bond donors (Lipinski definition) is 1. The molecule has 5 nitrogen and oxygen atoms in total. The number of hydrazone groups is 1. The van der Waals surface area contributed by atoms with Gasteiger partial charge in [-0.15, -0.1) is 0 Å². The Bertz CT molecular complexity index is 696. The molecule has 0 unspecified atom stereocenters. The van der Waals surface area contributed by atoms with Crippen LogP contribution in [0.5, 0.6) is 0 Å². The molecule has 0 saturated heterocycles. The molecule has 1 heterocycles. The predicted octanol–water partition coefficient (Wildman–Crippen LogP) is 3.17. The van der Waals surface area contributed by atoms with Crippen LogP contribution in [0.3, 0.4) is 0 Å². The molecular weight excluding hydrogens is 273 g/mol. The van der Waals surface area contributed by atoms with Crippen LogP contribution in [0.25, 0.3) is 0 Å². The van der Waals surface area contributed by atoms with Crippen molar-refractivity contribution < 1.29 is 9.31 Å². The Hall–Kier alpha value is -2.76. The van der Waals surface area contributed by atoms with Crippen LogP contribution in [0.4, 0.5) is 10.1 Å². The molecule has 106 valence electrons. The molecule has 3 rings (SSSR count). The van der Waals surface area contributed by atoms with E-state index in [0.29, 0.717) is 6.42 Å². The number of hydrogen-bond acceptors (Lipinski definition) is 4. The smallest absolute Gasteiger partial charge is 0.269 e. The van der Waals surface area contributed by atoms with Crippen LogP contribution in [0.2, 0.25) is 0 Å². The summed E-state index contributed by atoms with van der Waals surface area (Å²) in [6, 6.07) is 12.6. The fraction of sp³-hybridized carbons (Fsp3) is 0.133. The van der Waals surface area contributed by atoms with Crippen molar-refractivity contribution in [1.29, 1.82) is 0 Å². The lowest BCUT2D eigenvalue weighted by Crippen LogP contribution is -2.09. The Morgan fingerprint density at radius 2 is 1.81 bits per heavy atom. The summed E-state index contributed by atoms with van der Waals surface area (Å²) in [5.74, 6) is -0.270. The van der Waals surface area contributed by atoms with Crippen LogP contribution < -0.4 is 5.43 Å². The Morgan fingerprint density at radius 3 is 2.43 bits per heavy atom. The van der Waals surface area contributed by atoms with Gasteiger partial charge in [-0.05, 0) is 35.4 Å². The quantitative estimate of drug-likeness (QED) is 0.695. The van der Waals surface area contributed by atoms with Crippen molar-refractivity contribution in [2.75, 3.05) is 0 Å². The van der Waals surface area contributed by atoms with Gasteiger partial charge in [0, 0.05) is 18.6 Å². The molecule has 1 N–H and O–H groups in total. The molecule has 1 aliphatic rings. The van der Waals surface area contributed by atoms with Gasteiger partial charge < -0.3 is 5.43 Å². The molecule has 1 aliphatic heterocycles. The molecule has 0 bridgehead atoms. The number of benzene rings is 2. The van der Waals surface area contributed by atoms with Gasteiger partial charge >= 0.3 is 0 Å². The molecule has 2 aromatic carbocycles. The highest BCUT2D eigenvalue weighted by molar-refractivity contribution is 6.01. The van der Waals surface area contributed by atoms with E-state index in [2.05, 4.69) is 10.5 Å². The van der Waals surface area contributed by atoms with E-state index in [1.165, 1.54) is 24.3 Å². The van der Waals surface area contributed by atoms with Crippen LogP contribution in [-0.4, -0.2) is 10.6 Å². The van der Waals surface area contributed by atoms with Crippen LogP contribution in [0.15, 0.2) is 53.6 Å². The summed E-state index contributed by atoms with van der Waals surface area (Å²) >= 11 is 0. The number of nitro benzene ring substituents is 1. The Morgan fingerprint density at radius 1 is 1.14 bits per heavy atom. The largest absolute Gasteiger partial charge is 0.302 e. The van der Waals surface area contributed by atoms with E-state index >= 15 is 0 Å². The van der Waals surface area contributed by atoms with Gasteiger partial charge in [-0.1, -0.05) is 12.1 Å². The highest BCUT2D eigenvalue weighted by Gasteiger charge is 2.21. The van der Waals surface area contributed by atoms with E-state index in [1.807, 2.05) is 0 Å². The number of rotatable bonds is 3. The third kappa shape index (κ3) is 2.74. The lowest BCUT2D eigenvalue weighted by molar-refractivity contribution is -0.384. The van der Waals surface area contributed by atoms with E-state index in [4.69, 9.17) is 0 Å². The van der Waals surface area contributed by atoms with E-state index in [0.717, 1.165) is 16.8 Å². The van der Waals surface area contributed by atoms with Crippen LogP contribution in [-0.2, 0) is 0 Å². The van der Waals surface area contributed by atoms with Gasteiger partial charge in [-0.25, -0.2) is 4.39 Å². The average molecular weight is 285 g/mol. The molecule has 0 aliphatic carbocycles. The fourth-order valence-electron chi connectivity index (χ4n) is 2.29. The third-order valence-corrected chi connectivity index (χ3v) is 3.44. The van der Waals surface area contributed by atoms with Gasteiger partial charge in [0.05, 0.1) is 16.7 Å². The van der Waals surface area contributed by atoms with E-state index in [-0.39, 0.29) is 17.5 Å². The standard InChI is InChI=1S/C15H12FN3O2/c16-12-5-1-10(2-6-12)14-9-15(18-17-14)11-3-7-13(8-4-11)19(20)21/h1-8,14,17H,9H2/t14-/m1/s1. The van der Waals surface area contributed by atoms with Gasteiger partial charge in [0.25, 0.3) is 5.69 Å². The molecule has 6 heteroatoms. The van der Waals surface area contributed by atoms with E-state index in [9.17, 15) is 14.5 Å². The van der Waals surface area contributed by atoms with Crippen LogP contribution >= 0.6 is 0 Å². The number of non-ortho nitro benzene ring substituents is 1. The maximum Gasteiger partial charge on any atom is 0.269 e. The Kier molecular flexibility index (Phi) is 3.35. The summed E-state index contributed by atoms with van der Waals surface area (Å²) in [6.07, 6.45) is 0.656. The second-order valence-electron chi connectivity index (χ2n) is 4.80. The molecule has 1 atom stereocenters. The minimum Gasteiger partial charge on any atom is -0.302 e. The zero-order valence-electron chi connectivity index (χ0n) is 11.0. The average Bonchev–Trinajstić information content (AvgIpc) is 2.98. The maximum absolute atomic E-state index is 12.9. The van der Waals surface area contributed by atoms with Crippen molar-refractivity contribution in [3.63, 3.8) is 0 Å². The summed E-state index contributed by atoms with van der Waals surface area (Å²) in [5.41, 5.74) is 5.70. The summed E-state index contributed by atoms with van der Waals surface area (Å²) in [4.78, 5) is 10.2. The second-order valence-corrected chi connectivity index (χ2v) is 4.80. The molecule has 0 aromatic heterocycles. The van der Waals surface area contributed by atoms with E-state index in [1.54, 1.807) is 24.3 Å². The zero-order chi connectivity index (χ0) is 14.8. The fourth-order valence-corrected chi connectivity index (χ4v) is 2.29. The molecule has 0 saturated carbocycles. The second kappa shape index (κ2) is 5.32. The minimum absolute atomic E-state index is 0.00390. The van der Waals surface area contributed by atoms with Crippen molar-refractivity contribution >= 4 is 11.4 Å². The van der Waals surface area contributed by atoms with Crippen molar-refractivity contribution in [2.45, 2.75) is 12.5 Å². The van der Waals surface area contributed by atoms with Gasteiger partial charge in [0.1, 0.15) is 5.82 Å². The van der Waals surface area contributed by atoms with Crippen molar-refractivity contribution in [3.05, 3.63) is 75.6 Å². The summed E-state index contributed by atoms with van der Waals surface area (Å²) in [6.45, 7) is 0. The monoisotopic (exact) mass is 285 g/mol. The summed E-state index contributed by atoms with van der Waals surface area (Å²) in [5, 5.41) is 14.9. The first-order chi connectivity index (χ1) is 10.1. The normalized spacial score (nSPS) is 17.2. The first-order valence-electron chi connectivity index (χ1n) is 6.46. The van der Waals surface area contributed by atoms with Crippen molar-refractivity contribution in [3.8, 4) is 0 Å². The summed E-state index contributed by atoms with van der Waals surface area (Å²) < 4.78 is 12.9. The number of nitrogens with one attached hydrogen (secondary N) is 1. The molecule has 0 spiro atoms. The molecule has 0 amide bonds. The van der Waals surface area contributed by atoms with Crippen molar-refractivity contribution in [1.82, 2.24) is 5.43 Å². The number of halogens is 1. The van der Waals surface area contributed by atoms with E-state index < -0.39 is 4.92 Å². The molecule has 21 heavy (non-hydrogen) atoms. The van der Waals surface area contributed by atoms with Gasteiger partial charge in [-0.2, -0.15) is 5.10 Å². The Balaban J connectivity index is 1.74. The van der Waals surface area contributed by atoms with Gasteiger partial charge in [0.2, 0.25) is 0 Å². The van der Waals surface area contributed by atoms with Crippen molar-refractivity contribution in [2.24, 2.45) is 5.10 Å². The van der Waals surface area contributed by atoms with Gasteiger partial charge in [-0.3, -0.25) is 10.1 Å². The highest BCUT2D eigenvalue weighted by Crippen LogP contribution is 2.25. The zero-order valence-corrected chi connectivity index (χ0v) is 11.0. The molecule has 0 radical (unpaired) electrons. The minimum atomic E-state index is -0.431. The lowest BCUT2D eigenvalue weighted by Gasteiger charge is -2.09.